The third kappa shape index (κ3) is 4.60. The van der Waals surface area contributed by atoms with Gasteiger partial charge < -0.3 is 4.84 Å². The fourth-order valence-corrected chi connectivity index (χ4v) is 2.96. The molecule has 1 aromatic heterocycles. The number of halogens is 1. The van der Waals surface area contributed by atoms with Gasteiger partial charge in [-0.3, -0.25) is 0 Å². The highest BCUT2D eigenvalue weighted by Gasteiger charge is 2.13. The van der Waals surface area contributed by atoms with Gasteiger partial charge in [0.25, 0.3) is 0 Å². The Morgan fingerprint density at radius 2 is 2.00 bits per heavy atom. The molecule has 1 heterocycles. The molecular weight excluding hydrogens is 455 g/mol. The second-order valence-corrected chi connectivity index (χ2v) is 7.49. The van der Waals surface area contributed by atoms with Crippen LogP contribution in [0.25, 0.3) is 11.8 Å². The average molecular weight is 476 g/mol. The summed E-state index contributed by atoms with van der Waals surface area (Å²) in [5.74, 6) is 0. The van der Waals surface area contributed by atoms with E-state index in [0.717, 1.165) is 28.1 Å². The van der Waals surface area contributed by atoms with Gasteiger partial charge in [0.2, 0.25) is 0 Å². The van der Waals surface area contributed by atoms with Gasteiger partial charge in [-0.25, -0.2) is 14.7 Å². The van der Waals surface area contributed by atoms with Gasteiger partial charge in [-0.2, -0.15) is 4.68 Å². The first-order chi connectivity index (χ1) is 13.0. The Hall–Kier alpha value is -2.55. The van der Waals surface area contributed by atoms with E-state index >= 15 is 0 Å². The summed E-state index contributed by atoms with van der Waals surface area (Å²) in [5, 5.41) is 7.10. The minimum atomic E-state index is -0.109. The van der Waals surface area contributed by atoms with Crippen LogP contribution in [-0.4, -0.2) is 20.3 Å². The molecule has 0 saturated heterocycles. The second kappa shape index (κ2) is 8.43. The molecule has 7 heteroatoms. The smallest absolute Gasteiger partial charge is 0.364 e. The molecular formula is C20H21IN4O2. The highest BCUT2D eigenvalue weighted by molar-refractivity contribution is 14.1. The van der Waals surface area contributed by atoms with E-state index in [-0.39, 0.29) is 12.3 Å². The van der Waals surface area contributed by atoms with Gasteiger partial charge in [0.15, 0.2) is 0 Å². The molecule has 0 aliphatic rings. The first-order valence-corrected chi connectivity index (χ1v) is 9.56. The maximum absolute atomic E-state index is 12.0. The highest BCUT2D eigenvalue weighted by atomic mass is 127. The number of oxime groups is 1. The molecule has 2 aromatic carbocycles. The van der Waals surface area contributed by atoms with Crippen LogP contribution in [0.1, 0.15) is 23.6 Å². The van der Waals surface area contributed by atoms with E-state index in [2.05, 4.69) is 57.2 Å². The number of aryl methyl sites for hydroxylation is 2. The van der Waals surface area contributed by atoms with E-state index in [9.17, 15) is 4.79 Å². The van der Waals surface area contributed by atoms with Crippen molar-refractivity contribution in [3.63, 3.8) is 0 Å². The van der Waals surface area contributed by atoms with E-state index in [0.29, 0.717) is 0 Å². The zero-order valence-electron chi connectivity index (χ0n) is 15.4. The van der Waals surface area contributed by atoms with Crippen molar-refractivity contribution in [2.24, 2.45) is 12.2 Å². The molecule has 0 atom stereocenters. The van der Waals surface area contributed by atoms with Crippen molar-refractivity contribution in [1.29, 1.82) is 0 Å². The van der Waals surface area contributed by atoms with Crippen LogP contribution in [0, 0.1) is 10.5 Å². The molecule has 0 radical (unpaired) electrons. The third-order valence-corrected chi connectivity index (χ3v) is 4.88. The molecule has 140 valence electrons. The van der Waals surface area contributed by atoms with Gasteiger partial charge >= 0.3 is 5.69 Å². The van der Waals surface area contributed by atoms with Crippen molar-refractivity contribution in [3.05, 3.63) is 79.3 Å². The fourth-order valence-electron chi connectivity index (χ4n) is 2.60. The molecule has 0 saturated carbocycles. The van der Waals surface area contributed by atoms with Crippen molar-refractivity contribution < 1.29 is 4.84 Å². The summed E-state index contributed by atoms with van der Waals surface area (Å²) in [4.78, 5) is 17.5. The quantitative estimate of drug-likeness (QED) is 0.332. The number of rotatable bonds is 6. The summed E-state index contributed by atoms with van der Waals surface area (Å²) in [6.45, 7) is 4.16. The molecule has 6 nitrogen and oxygen atoms in total. The summed E-state index contributed by atoms with van der Waals surface area (Å²) in [5.41, 5.74) is 4.50. The molecule has 0 unspecified atom stereocenters. The molecule has 0 bridgehead atoms. The van der Waals surface area contributed by atoms with E-state index in [4.69, 9.17) is 4.84 Å². The molecule has 27 heavy (non-hydrogen) atoms. The molecule has 0 aliphatic heterocycles. The van der Waals surface area contributed by atoms with Crippen molar-refractivity contribution >= 4 is 34.4 Å². The summed E-state index contributed by atoms with van der Waals surface area (Å²) in [7, 11) is 1.68. The van der Waals surface area contributed by atoms with E-state index < -0.39 is 0 Å². The maximum Gasteiger partial charge on any atom is 0.364 e. The predicted molar refractivity (Wildman–Crippen MR) is 116 cm³/mol. The number of H-pyrrole nitrogens is 1. The van der Waals surface area contributed by atoms with Crippen molar-refractivity contribution in [3.8, 4) is 5.69 Å². The fraction of sp³-hybridized carbons (Fsp3) is 0.200. The summed E-state index contributed by atoms with van der Waals surface area (Å²) in [6.07, 6.45) is 3.91. The molecule has 0 amide bonds. The average Bonchev–Trinajstić information content (AvgIpc) is 2.66. The number of aromatic amines is 1. The number of nitrogens with one attached hydrogen (secondary N) is 1. The Kier molecular flexibility index (Phi) is 6.00. The number of benzene rings is 2. The summed E-state index contributed by atoms with van der Waals surface area (Å²) >= 11 is 2.28. The topological polar surface area (TPSA) is 64.3 Å². The highest BCUT2D eigenvalue weighted by Crippen LogP contribution is 2.18. The largest absolute Gasteiger partial charge is 0.391 e. The number of allylic oxidation sites excluding steroid dienone is 1. The molecule has 0 spiro atoms. The molecule has 0 aliphatic carbocycles. The second-order valence-electron chi connectivity index (χ2n) is 6.24. The monoisotopic (exact) mass is 476 g/mol. The summed E-state index contributed by atoms with van der Waals surface area (Å²) in [6, 6.07) is 14.0. The number of nitrogens with zero attached hydrogens (tertiary/aromatic N) is 3. The lowest BCUT2D eigenvalue weighted by atomic mass is 10.1. The zero-order chi connectivity index (χ0) is 19.4. The van der Waals surface area contributed by atoms with E-state index in [1.165, 1.54) is 12.9 Å². The van der Waals surface area contributed by atoms with Crippen LogP contribution in [0.2, 0.25) is 0 Å². The van der Waals surface area contributed by atoms with E-state index in [1.54, 1.807) is 7.05 Å². The number of hydrogen-bond donors (Lipinski definition) is 1. The number of aromatic nitrogens is 3. The maximum atomic E-state index is 12.0. The Morgan fingerprint density at radius 1 is 1.26 bits per heavy atom. The van der Waals surface area contributed by atoms with Crippen LogP contribution in [0.3, 0.4) is 0 Å². The van der Waals surface area contributed by atoms with Crippen LogP contribution in [0.5, 0.6) is 0 Å². The van der Waals surface area contributed by atoms with Crippen LogP contribution >= 0.6 is 22.6 Å². The van der Waals surface area contributed by atoms with Gasteiger partial charge in [0, 0.05) is 16.2 Å². The van der Waals surface area contributed by atoms with Crippen LogP contribution < -0.4 is 5.69 Å². The zero-order valence-corrected chi connectivity index (χ0v) is 17.6. The SMILES string of the molecule is CC(/C=C/c1ccc(I)cc1)=NOCc1c(C)cccc1-n1[nH]n(C)c1=O. The van der Waals surface area contributed by atoms with Gasteiger partial charge in [-0.15, -0.1) is 0 Å². The first kappa shape index (κ1) is 19.2. The molecule has 1 N–H and O–H groups in total. The lowest BCUT2D eigenvalue weighted by molar-refractivity contribution is 0.130. The van der Waals surface area contributed by atoms with Gasteiger partial charge in [-0.1, -0.05) is 35.5 Å². The molecule has 3 rings (SSSR count). The van der Waals surface area contributed by atoms with Crippen molar-refractivity contribution in [2.75, 3.05) is 0 Å². The lowest BCUT2D eigenvalue weighted by Gasteiger charge is -2.17. The van der Waals surface area contributed by atoms with Crippen molar-refractivity contribution in [1.82, 2.24) is 14.6 Å². The lowest BCUT2D eigenvalue weighted by Crippen LogP contribution is -2.40. The van der Waals surface area contributed by atoms with E-state index in [1.807, 2.05) is 44.2 Å². The van der Waals surface area contributed by atoms with Gasteiger partial charge in [0.1, 0.15) is 6.61 Å². The predicted octanol–water partition coefficient (Wildman–Crippen LogP) is 4.02. The molecule has 0 fully saturated rings. The first-order valence-electron chi connectivity index (χ1n) is 8.48. The standard InChI is InChI=1S/C20H21IN4O2/c1-14-5-4-6-19(25-20(26)24(3)23-25)18(14)13-27-22-15(2)7-8-16-9-11-17(21)12-10-16/h4-12,23H,13H2,1-3H3/b8-7+,22-15?. The minimum absolute atomic E-state index is 0.109. The number of hydrogen-bond acceptors (Lipinski definition) is 3. The van der Waals surface area contributed by atoms with Gasteiger partial charge in [-0.05, 0) is 71.8 Å². The minimum Gasteiger partial charge on any atom is -0.391 e. The Balaban J connectivity index is 1.70. The normalized spacial score (nSPS) is 12.1. The van der Waals surface area contributed by atoms with Crippen LogP contribution in [-0.2, 0) is 18.5 Å². The Morgan fingerprint density at radius 3 is 2.67 bits per heavy atom. The van der Waals surface area contributed by atoms with Gasteiger partial charge in [0.05, 0.1) is 11.4 Å². The summed E-state index contributed by atoms with van der Waals surface area (Å²) < 4.78 is 4.12. The third-order valence-electron chi connectivity index (χ3n) is 4.16. The molecule has 3 aromatic rings. The Labute approximate surface area is 171 Å². The van der Waals surface area contributed by atoms with Crippen LogP contribution in [0.4, 0.5) is 0 Å². The van der Waals surface area contributed by atoms with Crippen LogP contribution in [0.15, 0.2) is 58.5 Å². The Bertz CT molecular complexity index is 1040. The van der Waals surface area contributed by atoms with Crippen molar-refractivity contribution in [2.45, 2.75) is 20.5 Å².